The first kappa shape index (κ1) is 80.2. The van der Waals surface area contributed by atoms with Crippen LogP contribution < -0.4 is 51.2 Å². The SMILES string of the molecule is CC(C)C[C@H](N)C(=O)O.CC(C)[C@H](N)C(=O)O.C[C@H](N)C(=O)O.NCC(=O)O.NCC(=O)O.N[C@@H](Cc1c[nH]c2ccccc12)C(=O)O.N[C@@H](Cc1ccc(O)cc1)C(=O)O.N[C@@H](Cc1ccc(O)cc1)C(=O)O.O=C(O)[C@@H]1CCCN1. The predicted molar refractivity (Wildman–Crippen MR) is 301 cm³/mol. The molecule has 1 aliphatic heterocycles. The molecule has 30 heteroatoms. The third-order valence-electron chi connectivity index (χ3n) is 9.99. The lowest BCUT2D eigenvalue weighted by molar-refractivity contribution is -0.140. The smallest absolute Gasteiger partial charge is 0.320 e. The van der Waals surface area contributed by atoms with Crippen LogP contribution in [0.5, 0.6) is 11.5 Å². The minimum atomic E-state index is -1.02. The Morgan fingerprint density at radius 1 is 0.524 bits per heavy atom. The van der Waals surface area contributed by atoms with E-state index in [1.54, 1.807) is 38.1 Å². The molecule has 0 amide bonds. The van der Waals surface area contributed by atoms with Crippen LogP contribution in [0.25, 0.3) is 10.9 Å². The van der Waals surface area contributed by atoms with E-state index in [9.17, 15) is 43.2 Å². The molecule has 30 nitrogen and oxygen atoms in total. The number of nitrogens with two attached hydrogens (primary N) is 8. The second-order valence-electron chi connectivity index (χ2n) is 18.1. The molecule has 0 aliphatic carbocycles. The molecule has 462 valence electrons. The molecule has 1 saturated heterocycles. The monoisotopic (exact) mass is 1170 g/mol. The molecule has 5 rings (SSSR count). The summed E-state index contributed by atoms with van der Waals surface area (Å²) in [5, 5.41) is 95.5. The third kappa shape index (κ3) is 43.5. The van der Waals surface area contributed by atoms with Crippen molar-refractivity contribution in [2.45, 2.75) is 115 Å². The zero-order valence-electron chi connectivity index (χ0n) is 46.3. The first-order valence-electron chi connectivity index (χ1n) is 24.8. The van der Waals surface area contributed by atoms with E-state index in [1.807, 2.05) is 44.3 Å². The number of carbonyl (C=O) groups is 9. The van der Waals surface area contributed by atoms with Gasteiger partial charge in [-0.05, 0) is 104 Å². The van der Waals surface area contributed by atoms with Gasteiger partial charge in [-0.1, -0.05) is 70.2 Å². The second kappa shape index (κ2) is 45.4. The largest absolute Gasteiger partial charge is 0.508 e. The summed E-state index contributed by atoms with van der Waals surface area (Å²) < 4.78 is 0. The van der Waals surface area contributed by atoms with Crippen molar-refractivity contribution in [2.75, 3.05) is 19.6 Å². The maximum atomic E-state index is 10.6. The van der Waals surface area contributed by atoms with E-state index in [0.717, 1.165) is 47.0 Å². The molecule has 29 N–H and O–H groups in total. The van der Waals surface area contributed by atoms with Crippen LogP contribution in [0.1, 0.15) is 70.6 Å². The van der Waals surface area contributed by atoms with E-state index in [-0.39, 0.29) is 49.4 Å². The van der Waals surface area contributed by atoms with Crippen molar-refractivity contribution in [3.05, 3.63) is 95.7 Å². The number of para-hydroxylation sites is 1. The van der Waals surface area contributed by atoms with Crippen molar-refractivity contribution in [3.8, 4) is 11.5 Å². The molecule has 3 aromatic carbocycles. The number of aromatic amines is 1. The van der Waals surface area contributed by atoms with Gasteiger partial charge in [0.05, 0.1) is 13.1 Å². The number of hydrogen-bond acceptors (Lipinski definition) is 20. The maximum absolute atomic E-state index is 10.6. The lowest BCUT2D eigenvalue weighted by atomic mass is 10.1. The molecule has 82 heavy (non-hydrogen) atoms. The number of H-pyrrole nitrogens is 1. The van der Waals surface area contributed by atoms with Crippen LogP contribution in [-0.2, 0) is 62.4 Å². The Morgan fingerprint density at radius 2 is 0.890 bits per heavy atom. The first-order valence-corrected chi connectivity index (χ1v) is 24.8. The summed E-state index contributed by atoms with van der Waals surface area (Å²) in [6.45, 7) is 9.17. The van der Waals surface area contributed by atoms with E-state index in [1.165, 1.54) is 31.2 Å². The highest BCUT2D eigenvalue weighted by molar-refractivity contribution is 5.84. The topological polar surface area (TPSA) is 612 Å². The number of carboxylic acid groups (broad SMARTS) is 9. The zero-order valence-corrected chi connectivity index (χ0v) is 46.3. The van der Waals surface area contributed by atoms with Crippen molar-refractivity contribution in [1.29, 1.82) is 0 Å². The summed E-state index contributed by atoms with van der Waals surface area (Å²) >= 11 is 0. The van der Waals surface area contributed by atoms with Crippen LogP contribution in [0.4, 0.5) is 0 Å². The lowest BCUT2D eigenvalue weighted by Crippen LogP contribution is -2.34. The average molecular weight is 1170 g/mol. The Hall–Kier alpha value is -8.33. The molecule has 1 aliphatic rings. The second-order valence-corrected chi connectivity index (χ2v) is 18.1. The number of fused-ring (bicyclic) bond motifs is 1. The number of aliphatic carboxylic acids is 9. The summed E-state index contributed by atoms with van der Waals surface area (Å²) in [6, 6.07) is 15.4. The van der Waals surface area contributed by atoms with Crippen molar-refractivity contribution in [1.82, 2.24) is 10.3 Å². The number of rotatable bonds is 18. The summed E-state index contributed by atoms with van der Waals surface area (Å²) in [7, 11) is 0. The van der Waals surface area contributed by atoms with Gasteiger partial charge in [-0.15, -0.1) is 0 Å². The number of hydrogen-bond donors (Lipinski definition) is 21. The number of phenolic OH excluding ortho intramolecular Hbond substituents is 2. The van der Waals surface area contributed by atoms with Gasteiger partial charge in [0.1, 0.15) is 53.8 Å². The molecule has 0 radical (unpaired) electrons. The number of carboxylic acids is 9. The Balaban J connectivity index is -0.000000428. The third-order valence-corrected chi connectivity index (χ3v) is 9.99. The Morgan fingerprint density at radius 3 is 1.13 bits per heavy atom. The van der Waals surface area contributed by atoms with Gasteiger partial charge < -0.3 is 112 Å². The van der Waals surface area contributed by atoms with Gasteiger partial charge in [-0.2, -0.15) is 0 Å². The van der Waals surface area contributed by atoms with Gasteiger partial charge >= 0.3 is 53.7 Å². The molecule has 2 heterocycles. The summed E-state index contributed by atoms with van der Waals surface area (Å²) in [6.07, 6.45) is 5.04. The van der Waals surface area contributed by atoms with Crippen LogP contribution in [0.2, 0.25) is 0 Å². The number of aromatic nitrogens is 1. The van der Waals surface area contributed by atoms with Gasteiger partial charge in [0.25, 0.3) is 0 Å². The van der Waals surface area contributed by atoms with Crippen molar-refractivity contribution >= 4 is 64.6 Å². The number of aromatic hydroxyl groups is 2. The molecule has 7 atom stereocenters. The molecule has 1 aromatic heterocycles. The fourth-order valence-corrected chi connectivity index (χ4v) is 5.36. The molecule has 0 unspecified atom stereocenters. The molecule has 1 fully saturated rings. The van der Waals surface area contributed by atoms with Crippen molar-refractivity contribution in [2.24, 2.45) is 57.7 Å². The Labute approximate surface area is 473 Å². The van der Waals surface area contributed by atoms with E-state index in [0.29, 0.717) is 18.8 Å². The van der Waals surface area contributed by atoms with E-state index < -0.39 is 90.0 Å². The number of phenols is 2. The van der Waals surface area contributed by atoms with Crippen LogP contribution in [0.3, 0.4) is 0 Å². The highest BCUT2D eigenvalue weighted by Crippen LogP contribution is 2.19. The lowest BCUT2D eigenvalue weighted by Gasteiger charge is -2.07. The van der Waals surface area contributed by atoms with Gasteiger partial charge in [0, 0.05) is 23.5 Å². The molecule has 0 spiro atoms. The van der Waals surface area contributed by atoms with Gasteiger partial charge in [0.15, 0.2) is 0 Å². The molecule has 0 saturated carbocycles. The Kier molecular flexibility index (Phi) is 44.4. The molecular weight excluding hydrogens is 1080 g/mol. The quantitative estimate of drug-likeness (QED) is 0.0603. The predicted octanol–water partition coefficient (Wildman–Crippen LogP) is -0.385. The number of benzene rings is 3. The van der Waals surface area contributed by atoms with E-state index in [2.05, 4.69) is 21.8 Å². The van der Waals surface area contributed by atoms with Crippen LogP contribution in [0.15, 0.2) is 79.0 Å². The van der Waals surface area contributed by atoms with Crippen LogP contribution >= 0.6 is 0 Å². The van der Waals surface area contributed by atoms with Crippen LogP contribution in [-0.4, -0.2) is 177 Å². The van der Waals surface area contributed by atoms with E-state index in [4.69, 9.17) is 90.6 Å². The number of nitrogens with one attached hydrogen (secondary N) is 2. The highest BCUT2D eigenvalue weighted by Gasteiger charge is 2.20. The molecule has 4 aromatic rings. The fraction of sp³-hybridized carbons (Fsp3) is 0.442. The standard InChI is InChI=1S/C11H12N2O2.2C9H11NO3.C6H13NO2.C5H9NO2.C5H11NO2.C3H7NO2.2C2H5NO2/c12-9(11(14)15)5-7-6-13-10-4-2-1-3-8(7)10;2*10-8(9(12)13)5-6-1-3-7(11)4-2-6;1-4(2)3-5(7)6(8)9;7-5(8)4-2-1-3-6-4;1-3(2)4(6)5(7)8;1-2(4)3(5)6;2*3-1-2(4)5/h1-4,6,9,13H,5,12H2,(H,14,15);2*1-4,8,11H,5,10H2,(H,12,13);4-5H,3,7H2,1-2H3,(H,8,9);4,6H,1-3H2,(H,7,8);3-4H,6H2,1-2H3,(H,7,8);2H,4H2,1H3,(H,5,6);2*1,3H2,(H,4,5)/t9-;2*8-;5-;2*4-;2-;;/m0000000../s1. The maximum Gasteiger partial charge on any atom is 0.320 e. The fourth-order valence-electron chi connectivity index (χ4n) is 5.36. The van der Waals surface area contributed by atoms with Gasteiger partial charge in [-0.25, -0.2) is 0 Å². The van der Waals surface area contributed by atoms with E-state index >= 15 is 0 Å². The van der Waals surface area contributed by atoms with Crippen LogP contribution in [0, 0.1) is 11.8 Å². The normalized spacial score (nSPS) is 13.8. The van der Waals surface area contributed by atoms with Gasteiger partial charge in [-0.3, -0.25) is 43.2 Å². The van der Waals surface area contributed by atoms with Crippen molar-refractivity contribution in [3.63, 3.8) is 0 Å². The summed E-state index contributed by atoms with van der Waals surface area (Å²) in [5.74, 6) is -7.78. The minimum Gasteiger partial charge on any atom is -0.508 e. The highest BCUT2D eigenvalue weighted by atomic mass is 16.4. The van der Waals surface area contributed by atoms with Gasteiger partial charge in [0.2, 0.25) is 0 Å². The van der Waals surface area contributed by atoms with Crippen molar-refractivity contribution < 1.29 is 99.3 Å². The first-order chi connectivity index (χ1) is 37.9. The average Bonchev–Trinajstić information content (AvgIpc) is 4.10. The molecule has 0 bridgehead atoms. The molecular formula is C52H84N10O20. The minimum absolute atomic E-state index is 0.0208. The Bertz CT molecular complexity index is 2400. The zero-order chi connectivity index (χ0) is 64.4. The summed E-state index contributed by atoms with van der Waals surface area (Å²) in [4.78, 5) is 92.8. The summed E-state index contributed by atoms with van der Waals surface area (Å²) in [5.41, 5.74) is 44.0.